The number of rotatable bonds is 13. The number of ether oxygens (including phenoxy) is 1. The van der Waals surface area contributed by atoms with Gasteiger partial charge in [-0.2, -0.15) is 0 Å². The summed E-state index contributed by atoms with van der Waals surface area (Å²) in [5, 5.41) is 5.35. The lowest BCUT2D eigenvalue weighted by Crippen LogP contribution is -2.60. The third kappa shape index (κ3) is 8.06. The molecule has 1 saturated heterocycles. The highest BCUT2D eigenvalue weighted by Crippen LogP contribution is 2.65. The molecule has 43 heavy (non-hydrogen) atoms. The van der Waals surface area contributed by atoms with Gasteiger partial charge in [-0.1, -0.05) is 45.3 Å². The SMILES string of the molecule is C=CCCCC(NC(=O)[C@@H]1[C@@H]2C(CN1C(=O)[C@H](C1CCCCC1)N(C)C(=O)OC(C)(C)C)C2(C)C)C(=O)C(=O)NCC=C. The molecular formula is C33H52N4O6. The molecular weight excluding hydrogens is 548 g/mol. The second-order valence-corrected chi connectivity index (χ2v) is 14.0. The maximum Gasteiger partial charge on any atom is 0.410 e. The van der Waals surface area contributed by atoms with Crippen LogP contribution >= 0.6 is 0 Å². The molecule has 2 N–H and O–H groups in total. The minimum Gasteiger partial charge on any atom is -0.444 e. The Kier molecular flexibility index (Phi) is 11.2. The molecule has 0 aromatic rings. The van der Waals surface area contributed by atoms with Gasteiger partial charge in [-0.15, -0.1) is 13.2 Å². The van der Waals surface area contributed by atoms with E-state index in [1.54, 1.807) is 38.8 Å². The number of piperidine rings is 1. The highest BCUT2D eigenvalue weighted by atomic mass is 16.6. The lowest BCUT2D eigenvalue weighted by atomic mass is 9.82. The van der Waals surface area contributed by atoms with E-state index in [1.165, 1.54) is 11.0 Å². The number of carbonyl (C=O) groups excluding carboxylic acids is 5. The van der Waals surface area contributed by atoms with E-state index in [9.17, 15) is 24.0 Å². The zero-order chi connectivity index (χ0) is 32.1. The van der Waals surface area contributed by atoms with Crippen LogP contribution in [0.3, 0.4) is 0 Å². The van der Waals surface area contributed by atoms with Crippen molar-refractivity contribution in [2.75, 3.05) is 20.1 Å². The van der Waals surface area contributed by atoms with Gasteiger partial charge in [0.2, 0.25) is 17.6 Å². The van der Waals surface area contributed by atoms with Gasteiger partial charge in [0.25, 0.3) is 5.91 Å². The van der Waals surface area contributed by atoms with Crippen LogP contribution in [0.2, 0.25) is 0 Å². The number of likely N-dealkylation sites (tertiary alicyclic amines) is 1. The molecule has 1 heterocycles. The van der Waals surface area contributed by atoms with Crippen molar-refractivity contribution in [1.29, 1.82) is 0 Å². The highest BCUT2D eigenvalue weighted by Gasteiger charge is 2.70. The highest BCUT2D eigenvalue weighted by molar-refractivity contribution is 6.38. The maximum absolute atomic E-state index is 14.5. The Balaban J connectivity index is 1.89. The van der Waals surface area contributed by atoms with Crippen LogP contribution in [0, 0.1) is 23.2 Å². The average Bonchev–Trinajstić information content (AvgIpc) is 3.26. The Hall–Kier alpha value is -3.17. The molecule has 3 aliphatic rings. The summed E-state index contributed by atoms with van der Waals surface area (Å²) in [5.74, 6) is -2.24. The zero-order valence-electron chi connectivity index (χ0n) is 26.9. The molecule has 2 saturated carbocycles. The first-order chi connectivity index (χ1) is 20.2. The van der Waals surface area contributed by atoms with Crippen molar-refractivity contribution in [3.8, 4) is 0 Å². The number of ketones is 1. The Bertz CT molecular complexity index is 1090. The molecule has 0 bridgehead atoms. The molecule has 0 radical (unpaired) electrons. The summed E-state index contributed by atoms with van der Waals surface area (Å²) in [5.41, 5.74) is -0.877. The zero-order valence-corrected chi connectivity index (χ0v) is 26.9. The number of fused-ring (bicyclic) bond motifs is 1. The van der Waals surface area contributed by atoms with Crippen molar-refractivity contribution in [2.24, 2.45) is 23.2 Å². The van der Waals surface area contributed by atoms with Crippen LogP contribution in [0.5, 0.6) is 0 Å². The van der Waals surface area contributed by atoms with E-state index in [-0.39, 0.29) is 42.0 Å². The fraction of sp³-hybridized carbons (Fsp3) is 0.727. The minimum atomic E-state index is -1.03. The summed E-state index contributed by atoms with van der Waals surface area (Å²) in [7, 11) is 1.61. The van der Waals surface area contributed by atoms with Crippen LogP contribution in [0.4, 0.5) is 4.79 Å². The van der Waals surface area contributed by atoms with Crippen LogP contribution in [0.1, 0.15) is 86.0 Å². The summed E-state index contributed by atoms with van der Waals surface area (Å²) in [6, 6.07) is -2.61. The monoisotopic (exact) mass is 600 g/mol. The lowest BCUT2D eigenvalue weighted by molar-refractivity contribution is -0.147. The van der Waals surface area contributed by atoms with E-state index in [4.69, 9.17) is 4.74 Å². The first-order valence-electron chi connectivity index (χ1n) is 15.8. The number of likely N-dealkylation sites (N-methyl/N-ethyl adjacent to an activating group) is 1. The molecule has 0 aromatic carbocycles. The van der Waals surface area contributed by atoms with Gasteiger partial charge in [0.15, 0.2) is 0 Å². The summed E-state index contributed by atoms with van der Waals surface area (Å²) in [4.78, 5) is 70.4. The summed E-state index contributed by atoms with van der Waals surface area (Å²) < 4.78 is 5.65. The van der Waals surface area contributed by atoms with Crippen LogP contribution in [0.25, 0.3) is 0 Å². The standard InChI is InChI=1S/C33H52N4O6/c1-9-11-13-18-23(27(38)29(40)34-19-10-2)35-28(39)26-24-22(33(24,6)7)20-37(26)30(41)25(21-16-14-12-15-17-21)36(8)31(42)43-32(3,4)5/h9-10,21-26H,1-2,11-20H2,3-8H3,(H,34,40)(H,35,39)/t22?,23?,24-,25-,26-/m0/s1. The molecule has 4 amide bonds. The quantitative estimate of drug-likeness (QED) is 0.187. The van der Waals surface area contributed by atoms with Gasteiger partial charge < -0.3 is 20.3 Å². The number of allylic oxidation sites excluding steroid dienone is 1. The largest absolute Gasteiger partial charge is 0.444 e. The first kappa shape index (κ1) is 34.3. The van der Waals surface area contributed by atoms with Crippen molar-refractivity contribution in [1.82, 2.24) is 20.4 Å². The normalized spacial score (nSPS) is 24.1. The van der Waals surface area contributed by atoms with E-state index in [2.05, 4.69) is 37.6 Å². The molecule has 10 nitrogen and oxygen atoms in total. The van der Waals surface area contributed by atoms with Crippen molar-refractivity contribution >= 4 is 29.6 Å². The van der Waals surface area contributed by atoms with E-state index >= 15 is 0 Å². The molecule has 3 rings (SSSR count). The summed E-state index contributed by atoms with van der Waals surface area (Å²) in [6.45, 7) is 17.4. The summed E-state index contributed by atoms with van der Waals surface area (Å²) in [6.07, 6.45) is 8.74. The molecule has 3 fully saturated rings. The minimum absolute atomic E-state index is 0.0470. The third-order valence-corrected chi connectivity index (χ3v) is 9.37. The number of nitrogens with one attached hydrogen (secondary N) is 2. The van der Waals surface area contributed by atoms with Crippen molar-refractivity contribution in [2.45, 2.75) is 110 Å². The lowest BCUT2D eigenvalue weighted by Gasteiger charge is -2.40. The molecule has 10 heteroatoms. The van der Waals surface area contributed by atoms with E-state index < -0.39 is 47.4 Å². The fourth-order valence-corrected chi connectivity index (χ4v) is 6.97. The molecule has 240 valence electrons. The number of Topliss-reactive ketones (excluding diaryl/α,β-unsaturated/α-hetero) is 1. The molecule has 0 aromatic heterocycles. The van der Waals surface area contributed by atoms with E-state index in [0.717, 1.165) is 32.1 Å². The molecule has 2 unspecified atom stereocenters. The smallest absolute Gasteiger partial charge is 0.410 e. The van der Waals surface area contributed by atoms with Crippen LogP contribution in [-0.4, -0.2) is 83.3 Å². The number of hydrogen-bond acceptors (Lipinski definition) is 6. The van der Waals surface area contributed by atoms with E-state index in [0.29, 0.717) is 19.4 Å². The van der Waals surface area contributed by atoms with E-state index in [1.807, 2.05) is 0 Å². The van der Waals surface area contributed by atoms with Gasteiger partial charge in [0, 0.05) is 20.1 Å². The maximum atomic E-state index is 14.5. The van der Waals surface area contributed by atoms with Gasteiger partial charge in [-0.3, -0.25) is 24.1 Å². The van der Waals surface area contributed by atoms with Crippen molar-refractivity contribution < 1.29 is 28.7 Å². The topological polar surface area (TPSA) is 125 Å². The van der Waals surface area contributed by atoms with Gasteiger partial charge >= 0.3 is 6.09 Å². The van der Waals surface area contributed by atoms with Gasteiger partial charge in [0.1, 0.15) is 17.7 Å². The van der Waals surface area contributed by atoms with Gasteiger partial charge in [0.05, 0.1) is 6.04 Å². The van der Waals surface area contributed by atoms with Crippen LogP contribution in [-0.2, 0) is 23.9 Å². The number of carbonyl (C=O) groups is 5. The van der Waals surface area contributed by atoms with Gasteiger partial charge in [-0.05, 0) is 76.0 Å². The van der Waals surface area contributed by atoms with Crippen LogP contribution in [0.15, 0.2) is 25.3 Å². The third-order valence-electron chi connectivity index (χ3n) is 9.37. The van der Waals surface area contributed by atoms with Crippen molar-refractivity contribution in [3.63, 3.8) is 0 Å². The average molecular weight is 601 g/mol. The van der Waals surface area contributed by atoms with Crippen molar-refractivity contribution in [3.05, 3.63) is 25.3 Å². The Labute approximate surface area is 257 Å². The summed E-state index contributed by atoms with van der Waals surface area (Å²) >= 11 is 0. The Morgan fingerprint density at radius 3 is 2.30 bits per heavy atom. The predicted molar refractivity (Wildman–Crippen MR) is 165 cm³/mol. The first-order valence-corrected chi connectivity index (χ1v) is 15.8. The Morgan fingerprint density at radius 1 is 1.07 bits per heavy atom. The number of amides is 4. The number of nitrogens with zero attached hydrogens (tertiary/aromatic N) is 2. The molecule has 0 spiro atoms. The molecule has 1 aliphatic heterocycles. The second kappa shape index (κ2) is 14.1. The molecule has 2 aliphatic carbocycles. The number of unbranched alkanes of at least 4 members (excludes halogenated alkanes) is 1. The van der Waals surface area contributed by atoms with Gasteiger partial charge in [-0.25, -0.2) is 4.79 Å². The molecule has 5 atom stereocenters. The number of hydrogen-bond donors (Lipinski definition) is 2. The predicted octanol–water partition coefficient (Wildman–Crippen LogP) is 4.00. The van der Waals surface area contributed by atoms with Crippen LogP contribution < -0.4 is 10.6 Å². The fourth-order valence-electron chi connectivity index (χ4n) is 6.97. The Morgan fingerprint density at radius 2 is 1.72 bits per heavy atom. The second-order valence-electron chi connectivity index (χ2n) is 14.0.